The Morgan fingerprint density at radius 1 is 1.23 bits per heavy atom. The van der Waals surface area contributed by atoms with Crippen LogP contribution in [0.1, 0.15) is 49.5 Å². The highest BCUT2D eigenvalue weighted by atomic mass is 19.1. The van der Waals surface area contributed by atoms with Crippen LogP contribution in [-0.2, 0) is 0 Å². The maximum Gasteiger partial charge on any atom is 0.270 e. The number of rotatable bonds is 4. The highest BCUT2D eigenvalue weighted by Crippen LogP contribution is 2.55. The molecular formula is C25H32FN7O2. The number of nitrogen functional groups attached to an aromatic ring is 1. The van der Waals surface area contributed by atoms with Gasteiger partial charge in [-0.1, -0.05) is 0 Å². The molecule has 3 heterocycles. The first-order chi connectivity index (χ1) is 16.8. The van der Waals surface area contributed by atoms with E-state index in [1.807, 2.05) is 16.7 Å². The minimum Gasteiger partial charge on any atom is -0.390 e. The molecule has 5 fully saturated rings. The zero-order valence-electron chi connectivity index (χ0n) is 19.9. The molecule has 0 aromatic carbocycles. The van der Waals surface area contributed by atoms with Crippen LogP contribution in [0.25, 0.3) is 0 Å². The number of hydrogen-bond acceptors (Lipinski definition) is 8. The molecule has 7 rings (SSSR count). The quantitative estimate of drug-likeness (QED) is 0.606. The first kappa shape index (κ1) is 22.5. The molecule has 4 aliphatic carbocycles. The van der Waals surface area contributed by atoms with E-state index in [-0.39, 0.29) is 29.6 Å². The third-order valence-corrected chi connectivity index (χ3v) is 8.49. The van der Waals surface area contributed by atoms with Crippen LogP contribution >= 0.6 is 0 Å². The van der Waals surface area contributed by atoms with Gasteiger partial charge in [-0.15, -0.1) is 0 Å². The van der Waals surface area contributed by atoms with Gasteiger partial charge in [0.1, 0.15) is 11.5 Å². The molecule has 9 nitrogen and oxygen atoms in total. The molecule has 2 unspecified atom stereocenters. The zero-order chi connectivity index (χ0) is 24.3. The van der Waals surface area contributed by atoms with E-state index in [2.05, 4.69) is 20.3 Å². The number of nitrogens with two attached hydrogens (primary N) is 1. The number of carbonyl (C=O) groups is 1. The normalized spacial score (nSPS) is 33.7. The summed E-state index contributed by atoms with van der Waals surface area (Å²) >= 11 is 0. The fourth-order valence-electron chi connectivity index (χ4n) is 7.20. The summed E-state index contributed by atoms with van der Waals surface area (Å²) in [5.41, 5.74) is 5.84. The van der Waals surface area contributed by atoms with Gasteiger partial charge in [0.25, 0.3) is 5.91 Å². The fraction of sp³-hybridized carbons (Fsp3) is 0.600. The van der Waals surface area contributed by atoms with Crippen LogP contribution in [0, 0.1) is 23.6 Å². The van der Waals surface area contributed by atoms with Crippen LogP contribution in [0.3, 0.4) is 0 Å². The number of hydrogen-bond donors (Lipinski definition) is 3. The fourth-order valence-corrected chi connectivity index (χ4v) is 7.20. The third-order valence-electron chi connectivity index (χ3n) is 8.49. The molecule has 4 saturated carbocycles. The number of amides is 1. The van der Waals surface area contributed by atoms with Crippen molar-refractivity contribution in [3.63, 3.8) is 0 Å². The average molecular weight is 482 g/mol. The average Bonchev–Trinajstić information content (AvgIpc) is 2.80. The molecule has 1 aliphatic heterocycles. The molecule has 10 heteroatoms. The first-order valence-electron chi connectivity index (χ1n) is 12.6. The summed E-state index contributed by atoms with van der Waals surface area (Å²) in [7, 11) is 0. The molecule has 35 heavy (non-hydrogen) atoms. The van der Waals surface area contributed by atoms with Crippen molar-refractivity contribution in [3.8, 4) is 0 Å². The maximum absolute atomic E-state index is 14.4. The topological polar surface area (TPSA) is 121 Å². The van der Waals surface area contributed by atoms with Crippen molar-refractivity contribution in [2.45, 2.75) is 56.7 Å². The lowest BCUT2D eigenvalue weighted by atomic mass is 9.52. The third kappa shape index (κ3) is 4.07. The molecule has 3 atom stereocenters. The number of aliphatic hydroxyl groups is 1. The number of piperazine rings is 1. The van der Waals surface area contributed by atoms with Crippen molar-refractivity contribution < 1.29 is 14.3 Å². The number of nitrogens with zero attached hydrogens (tertiary/aromatic N) is 5. The van der Waals surface area contributed by atoms with Crippen LogP contribution in [-0.4, -0.2) is 63.3 Å². The molecule has 1 amide bonds. The molecule has 4 bridgehead atoms. The lowest BCUT2D eigenvalue weighted by molar-refractivity contribution is -0.136. The second-order valence-electron chi connectivity index (χ2n) is 11.0. The summed E-state index contributed by atoms with van der Waals surface area (Å²) in [6.07, 6.45) is 7.76. The lowest BCUT2D eigenvalue weighted by Crippen LogP contribution is -2.61. The SMILES string of the molecule is C[C@@H]1CN(c2cnc(N)cc2F)CCN1c1nccc(C(=O)NC2C3CC4CC2CC(O)(C4)C3)n1. The van der Waals surface area contributed by atoms with Crippen LogP contribution in [0.2, 0.25) is 0 Å². The van der Waals surface area contributed by atoms with Crippen molar-refractivity contribution in [1.82, 2.24) is 20.3 Å². The second kappa shape index (κ2) is 8.29. The van der Waals surface area contributed by atoms with E-state index in [9.17, 15) is 14.3 Å². The van der Waals surface area contributed by atoms with E-state index < -0.39 is 5.60 Å². The summed E-state index contributed by atoms with van der Waals surface area (Å²) in [6, 6.07) is 2.99. The Morgan fingerprint density at radius 3 is 2.69 bits per heavy atom. The van der Waals surface area contributed by atoms with Gasteiger partial charge < -0.3 is 26.0 Å². The van der Waals surface area contributed by atoms with Gasteiger partial charge in [-0.3, -0.25) is 4.79 Å². The number of nitrogens with one attached hydrogen (secondary N) is 1. The van der Waals surface area contributed by atoms with Crippen LogP contribution in [0.4, 0.5) is 21.8 Å². The highest BCUT2D eigenvalue weighted by Gasteiger charge is 2.55. The second-order valence-corrected chi connectivity index (χ2v) is 11.0. The summed E-state index contributed by atoms with van der Waals surface area (Å²) < 4.78 is 14.4. The minimum absolute atomic E-state index is 0.00387. The summed E-state index contributed by atoms with van der Waals surface area (Å²) in [5.74, 6) is 1.37. The molecule has 0 radical (unpaired) electrons. The van der Waals surface area contributed by atoms with Gasteiger partial charge >= 0.3 is 0 Å². The summed E-state index contributed by atoms with van der Waals surface area (Å²) in [4.78, 5) is 30.2. The molecule has 0 spiro atoms. The van der Waals surface area contributed by atoms with E-state index >= 15 is 0 Å². The minimum atomic E-state index is -0.524. The molecule has 2 aromatic rings. The Kier molecular flexibility index (Phi) is 5.32. The summed E-state index contributed by atoms with van der Waals surface area (Å²) in [5, 5.41) is 14.1. The van der Waals surface area contributed by atoms with Crippen LogP contribution in [0.5, 0.6) is 0 Å². The van der Waals surface area contributed by atoms with Crippen LogP contribution < -0.4 is 20.9 Å². The zero-order valence-corrected chi connectivity index (χ0v) is 19.9. The number of halogens is 1. The van der Waals surface area contributed by atoms with Crippen molar-refractivity contribution in [2.24, 2.45) is 17.8 Å². The number of pyridine rings is 1. The maximum atomic E-state index is 14.4. The van der Waals surface area contributed by atoms with Gasteiger partial charge in [0.15, 0.2) is 5.82 Å². The Morgan fingerprint density at radius 2 is 2.00 bits per heavy atom. The van der Waals surface area contributed by atoms with Crippen molar-refractivity contribution in [1.29, 1.82) is 0 Å². The molecule has 1 saturated heterocycles. The molecule has 2 aromatic heterocycles. The van der Waals surface area contributed by atoms with Gasteiger partial charge in [-0.05, 0) is 62.8 Å². The molecule has 4 N–H and O–H groups in total. The van der Waals surface area contributed by atoms with Crippen molar-refractivity contribution in [2.75, 3.05) is 35.2 Å². The standard InChI is InChI=1S/C25H32FN7O2/c1-14-13-32(20-12-29-21(27)8-18(20)26)4-5-33(14)24-28-3-2-19(30-24)23(34)31-22-16-6-15-7-17(22)11-25(35,9-15)10-16/h2-3,8,12,14-17,22,35H,4-7,9-11,13H2,1H3,(H2,27,29)(H,31,34)/t14-,15?,16?,17?,22?,25?/m1/s1. The predicted molar refractivity (Wildman–Crippen MR) is 129 cm³/mol. The van der Waals surface area contributed by atoms with E-state index in [0.717, 1.165) is 32.1 Å². The Balaban J connectivity index is 1.13. The van der Waals surface area contributed by atoms with E-state index in [0.29, 0.717) is 54.7 Å². The van der Waals surface area contributed by atoms with E-state index in [1.54, 1.807) is 12.3 Å². The summed E-state index contributed by atoms with van der Waals surface area (Å²) in [6.45, 7) is 3.76. The monoisotopic (exact) mass is 481 g/mol. The molecular weight excluding hydrogens is 449 g/mol. The Labute approximate surface area is 203 Å². The number of anilines is 3. The Bertz CT molecular complexity index is 1130. The van der Waals surface area contributed by atoms with E-state index in [1.165, 1.54) is 12.3 Å². The van der Waals surface area contributed by atoms with Crippen LogP contribution in [0.15, 0.2) is 24.5 Å². The molecule has 186 valence electrons. The highest BCUT2D eigenvalue weighted by molar-refractivity contribution is 5.92. The smallest absolute Gasteiger partial charge is 0.270 e. The number of carbonyl (C=O) groups excluding carboxylic acids is 1. The first-order valence-corrected chi connectivity index (χ1v) is 12.6. The van der Waals surface area contributed by atoms with E-state index in [4.69, 9.17) is 5.73 Å². The number of aromatic nitrogens is 3. The van der Waals surface area contributed by atoms with Crippen molar-refractivity contribution >= 4 is 23.4 Å². The van der Waals surface area contributed by atoms with Crippen molar-refractivity contribution in [3.05, 3.63) is 36.0 Å². The van der Waals surface area contributed by atoms with Gasteiger partial charge in [0.2, 0.25) is 5.95 Å². The van der Waals surface area contributed by atoms with Gasteiger partial charge in [0.05, 0.1) is 17.5 Å². The lowest BCUT2D eigenvalue weighted by Gasteiger charge is -2.58. The van der Waals surface area contributed by atoms with Gasteiger partial charge in [-0.2, -0.15) is 0 Å². The van der Waals surface area contributed by atoms with Gasteiger partial charge in [0, 0.05) is 44.0 Å². The van der Waals surface area contributed by atoms with Gasteiger partial charge in [-0.25, -0.2) is 19.3 Å². The predicted octanol–water partition coefficient (Wildman–Crippen LogP) is 1.98. The molecule has 5 aliphatic rings. The Hall–Kier alpha value is -3.01. The largest absolute Gasteiger partial charge is 0.390 e.